The molecule has 0 saturated carbocycles. The molecule has 0 spiro atoms. The van der Waals surface area contributed by atoms with Crippen LogP contribution in [0, 0.1) is 6.92 Å². The third kappa shape index (κ3) is 3.77. The van der Waals surface area contributed by atoms with E-state index in [0.29, 0.717) is 22.7 Å². The smallest absolute Gasteiger partial charge is 0.340 e. The number of nitrogens with one attached hydrogen (secondary N) is 1. The van der Waals surface area contributed by atoms with E-state index in [1.807, 2.05) is 12.3 Å². The van der Waals surface area contributed by atoms with Crippen LogP contribution in [0.3, 0.4) is 0 Å². The molecule has 1 aromatic carbocycles. The Hall–Kier alpha value is -2.93. The number of rotatable bonds is 5. The van der Waals surface area contributed by atoms with Crippen molar-refractivity contribution >= 4 is 28.9 Å². The lowest BCUT2D eigenvalue weighted by atomic mass is 10.1. The van der Waals surface area contributed by atoms with Gasteiger partial charge in [-0.25, -0.2) is 9.78 Å². The van der Waals surface area contributed by atoms with Crippen LogP contribution in [0.25, 0.3) is 11.5 Å². The maximum absolute atomic E-state index is 12.4. The minimum absolute atomic E-state index is 0.138. The van der Waals surface area contributed by atoms with Crippen LogP contribution in [-0.4, -0.2) is 23.5 Å². The lowest BCUT2D eigenvalue weighted by Gasteiger charge is -2.09. The fourth-order valence-corrected chi connectivity index (χ4v) is 2.84. The van der Waals surface area contributed by atoms with Crippen LogP contribution in [0.4, 0.5) is 5.69 Å². The number of furan rings is 1. The molecule has 3 aromatic rings. The highest BCUT2D eigenvalue weighted by molar-refractivity contribution is 7.09. The first-order chi connectivity index (χ1) is 12.1. The molecule has 0 aliphatic heterocycles. The van der Waals surface area contributed by atoms with E-state index in [-0.39, 0.29) is 12.4 Å². The second-order valence-electron chi connectivity index (χ2n) is 5.14. The zero-order valence-corrected chi connectivity index (χ0v) is 14.6. The minimum Gasteiger partial charge on any atom is -0.462 e. The summed E-state index contributed by atoms with van der Waals surface area (Å²) in [6, 6.07) is 9.94. The standard InChI is InChI=1S/C18H16N2O4S/c1-3-23-18(22)12-6-4-5-7-13(12)20-17(21)16-9-8-15(24-16)14-10-25-11(2)19-14/h4-10H,3H2,1-2H3,(H,20,21). The number of carbonyl (C=O) groups is 2. The molecule has 1 N–H and O–H groups in total. The summed E-state index contributed by atoms with van der Waals surface area (Å²) in [6.45, 7) is 3.89. The molecule has 0 atom stereocenters. The molecule has 0 unspecified atom stereocenters. The van der Waals surface area contributed by atoms with E-state index >= 15 is 0 Å². The van der Waals surface area contributed by atoms with E-state index < -0.39 is 11.9 Å². The van der Waals surface area contributed by atoms with Gasteiger partial charge in [-0.1, -0.05) is 12.1 Å². The highest BCUT2D eigenvalue weighted by Gasteiger charge is 2.17. The van der Waals surface area contributed by atoms with Gasteiger partial charge in [-0.05, 0) is 38.1 Å². The predicted octanol–water partition coefficient (Wildman–Crippen LogP) is 4.14. The largest absolute Gasteiger partial charge is 0.462 e. The highest BCUT2D eigenvalue weighted by atomic mass is 32.1. The van der Waals surface area contributed by atoms with Crippen LogP contribution in [0.2, 0.25) is 0 Å². The van der Waals surface area contributed by atoms with Gasteiger partial charge < -0.3 is 14.5 Å². The van der Waals surface area contributed by atoms with E-state index in [1.54, 1.807) is 43.3 Å². The molecule has 7 heteroatoms. The molecule has 0 radical (unpaired) electrons. The van der Waals surface area contributed by atoms with Crippen LogP contribution in [-0.2, 0) is 4.74 Å². The Labute approximate surface area is 148 Å². The molecule has 2 heterocycles. The summed E-state index contributed by atoms with van der Waals surface area (Å²) in [4.78, 5) is 28.7. The van der Waals surface area contributed by atoms with Gasteiger partial charge in [0, 0.05) is 5.38 Å². The lowest BCUT2D eigenvalue weighted by Crippen LogP contribution is -2.15. The van der Waals surface area contributed by atoms with Crippen molar-refractivity contribution in [2.45, 2.75) is 13.8 Å². The van der Waals surface area contributed by atoms with Gasteiger partial charge in [-0.3, -0.25) is 4.79 Å². The molecule has 0 saturated heterocycles. The monoisotopic (exact) mass is 356 g/mol. The molecular formula is C18H16N2O4S. The van der Waals surface area contributed by atoms with Gasteiger partial charge in [-0.15, -0.1) is 11.3 Å². The Kier molecular flexibility index (Phi) is 4.95. The first-order valence-electron chi connectivity index (χ1n) is 7.68. The molecule has 0 bridgehead atoms. The summed E-state index contributed by atoms with van der Waals surface area (Å²) >= 11 is 1.51. The average Bonchev–Trinajstić information content (AvgIpc) is 3.24. The number of aromatic nitrogens is 1. The van der Waals surface area contributed by atoms with Crippen molar-refractivity contribution < 1.29 is 18.7 Å². The van der Waals surface area contributed by atoms with Crippen molar-refractivity contribution in [2.75, 3.05) is 11.9 Å². The van der Waals surface area contributed by atoms with Gasteiger partial charge in [0.1, 0.15) is 5.69 Å². The molecular weight excluding hydrogens is 340 g/mol. The fourth-order valence-electron chi connectivity index (χ4n) is 2.24. The van der Waals surface area contributed by atoms with Gasteiger partial charge in [0.25, 0.3) is 5.91 Å². The highest BCUT2D eigenvalue weighted by Crippen LogP contribution is 2.25. The minimum atomic E-state index is -0.489. The number of amides is 1. The lowest BCUT2D eigenvalue weighted by molar-refractivity contribution is 0.0527. The summed E-state index contributed by atoms with van der Waals surface area (Å²) in [6.07, 6.45) is 0. The Morgan fingerprint density at radius 3 is 2.76 bits per heavy atom. The predicted molar refractivity (Wildman–Crippen MR) is 94.9 cm³/mol. The van der Waals surface area contributed by atoms with Crippen LogP contribution in [0.1, 0.15) is 32.8 Å². The van der Waals surface area contributed by atoms with E-state index in [1.165, 1.54) is 11.3 Å². The summed E-state index contributed by atoms with van der Waals surface area (Å²) in [7, 11) is 0. The summed E-state index contributed by atoms with van der Waals surface area (Å²) in [5.74, 6) is -0.279. The number of anilines is 1. The Morgan fingerprint density at radius 2 is 2.04 bits per heavy atom. The van der Waals surface area contributed by atoms with Crippen LogP contribution >= 0.6 is 11.3 Å². The number of thiazole rings is 1. The zero-order valence-electron chi connectivity index (χ0n) is 13.7. The van der Waals surface area contributed by atoms with Crippen molar-refractivity contribution in [2.24, 2.45) is 0 Å². The number of hydrogen-bond donors (Lipinski definition) is 1. The van der Waals surface area contributed by atoms with Crippen molar-refractivity contribution in [3.05, 3.63) is 58.1 Å². The molecule has 0 aliphatic carbocycles. The number of nitrogens with zero attached hydrogens (tertiary/aromatic N) is 1. The van der Waals surface area contributed by atoms with E-state index in [9.17, 15) is 9.59 Å². The quantitative estimate of drug-likeness (QED) is 0.695. The number of benzene rings is 1. The summed E-state index contributed by atoms with van der Waals surface area (Å²) < 4.78 is 10.6. The SMILES string of the molecule is CCOC(=O)c1ccccc1NC(=O)c1ccc(-c2csc(C)n2)o1. The molecule has 6 nitrogen and oxygen atoms in total. The van der Waals surface area contributed by atoms with Gasteiger partial charge in [0.15, 0.2) is 11.5 Å². The molecule has 2 aromatic heterocycles. The Balaban J connectivity index is 1.79. The molecule has 0 fully saturated rings. The van der Waals surface area contributed by atoms with Gasteiger partial charge in [0.2, 0.25) is 0 Å². The third-order valence-corrected chi connectivity index (χ3v) is 4.15. The number of ether oxygens (including phenoxy) is 1. The second-order valence-corrected chi connectivity index (χ2v) is 6.20. The van der Waals surface area contributed by atoms with E-state index in [2.05, 4.69) is 10.3 Å². The summed E-state index contributed by atoms with van der Waals surface area (Å²) in [5, 5.41) is 5.47. The van der Waals surface area contributed by atoms with E-state index in [4.69, 9.17) is 9.15 Å². The molecule has 25 heavy (non-hydrogen) atoms. The summed E-state index contributed by atoms with van der Waals surface area (Å²) in [5.41, 5.74) is 1.35. The topological polar surface area (TPSA) is 81.4 Å². The Bertz CT molecular complexity index is 913. The zero-order chi connectivity index (χ0) is 17.8. The van der Waals surface area contributed by atoms with Crippen molar-refractivity contribution in [3.63, 3.8) is 0 Å². The van der Waals surface area contributed by atoms with Crippen LogP contribution in [0.15, 0.2) is 46.2 Å². The van der Waals surface area contributed by atoms with Crippen LogP contribution < -0.4 is 5.32 Å². The van der Waals surface area contributed by atoms with E-state index in [0.717, 1.165) is 5.01 Å². The van der Waals surface area contributed by atoms with Crippen molar-refractivity contribution in [1.29, 1.82) is 0 Å². The Morgan fingerprint density at radius 1 is 1.24 bits per heavy atom. The first-order valence-corrected chi connectivity index (χ1v) is 8.56. The maximum Gasteiger partial charge on any atom is 0.340 e. The number of aryl methyl sites for hydroxylation is 1. The number of esters is 1. The van der Waals surface area contributed by atoms with Gasteiger partial charge in [0.05, 0.1) is 22.9 Å². The van der Waals surface area contributed by atoms with Crippen molar-refractivity contribution in [3.8, 4) is 11.5 Å². The number of carbonyl (C=O) groups excluding carboxylic acids is 2. The maximum atomic E-state index is 12.4. The molecule has 1 amide bonds. The second kappa shape index (κ2) is 7.31. The third-order valence-electron chi connectivity index (χ3n) is 3.37. The fraction of sp³-hybridized carbons (Fsp3) is 0.167. The van der Waals surface area contributed by atoms with Gasteiger partial charge in [-0.2, -0.15) is 0 Å². The molecule has 0 aliphatic rings. The first kappa shape index (κ1) is 16.9. The molecule has 128 valence electrons. The number of hydrogen-bond acceptors (Lipinski definition) is 6. The number of para-hydroxylation sites is 1. The van der Waals surface area contributed by atoms with Crippen molar-refractivity contribution in [1.82, 2.24) is 4.98 Å². The molecule has 3 rings (SSSR count). The van der Waals surface area contributed by atoms with Gasteiger partial charge >= 0.3 is 5.97 Å². The van der Waals surface area contributed by atoms with Crippen LogP contribution in [0.5, 0.6) is 0 Å². The average molecular weight is 356 g/mol. The normalized spacial score (nSPS) is 10.5.